The van der Waals surface area contributed by atoms with Crippen LogP contribution >= 0.6 is 36.4 Å². The first-order valence-corrected chi connectivity index (χ1v) is 6.70. The highest BCUT2D eigenvalue weighted by Gasteiger charge is 2.22. The molecular weight excluding hydrogens is 317 g/mol. The quantitative estimate of drug-likeness (QED) is 0.654. The molecule has 6 heteroatoms. The number of nitrogens with two attached hydrogens (primary N) is 1. The molecular formula is C14H22Cl3N3. The lowest BCUT2D eigenvalue weighted by Crippen LogP contribution is -2.45. The van der Waals surface area contributed by atoms with Gasteiger partial charge >= 0.3 is 0 Å². The molecule has 0 unspecified atom stereocenters. The van der Waals surface area contributed by atoms with Crippen molar-refractivity contribution < 1.29 is 0 Å². The summed E-state index contributed by atoms with van der Waals surface area (Å²) < 4.78 is 0. The van der Waals surface area contributed by atoms with Gasteiger partial charge < -0.3 is 11.1 Å². The van der Waals surface area contributed by atoms with E-state index in [9.17, 15) is 0 Å². The predicted octanol–water partition coefficient (Wildman–Crippen LogP) is 3.29. The van der Waals surface area contributed by atoms with E-state index in [1.807, 2.05) is 24.3 Å². The summed E-state index contributed by atoms with van der Waals surface area (Å²) in [6, 6.07) is 5.98. The maximum Gasteiger partial charge on any atom is 0.0410 e. The minimum absolute atomic E-state index is 0. The summed E-state index contributed by atoms with van der Waals surface area (Å²) in [5.41, 5.74) is 8.02. The van der Waals surface area contributed by atoms with E-state index in [1.54, 1.807) is 0 Å². The molecule has 114 valence electrons. The second-order valence-electron chi connectivity index (χ2n) is 4.60. The van der Waals surface area contributed by atoms with Gasteiger partial charge in [-0.15, -0.1) is 31.4 Å². The van der Waals surface area contributed by atoms with Crippen molar-refractivity contribution in [1.29, 1.82) is 0 Å². The lowest BCUT2D eigenvalue weighted by atomic mass is 9.99. The Kier molecular flexibility index (Phi) is 9.27. The van der Waals surface area contributed by atoms with Crippen molar-refractivity contribution in [3.63, 3.8) is 0 Å². The third-order valence-corrected chi connectivity index (χ3v) is 3.63. The number of piperazine rings is 1. The highest BCUT2D eigenvalue weighted by molar-refractivity contribution is 6.30. The van der Waals surface area contributed by atoms with Gasteiger partial charge in [-0.25, -0.2) is 0 Å². The van der Waals surface area contributed by atoms with Crippen molar-refractivity contribution in [3.8, 4) is 0 Å². The summed E-state index contributed by atoms with van der Waals surface area (Å²) >= 11 is 6.09. The van der Waals surface area contributed by atoms with Gasteiger partial charge in [-0.2, -0.15) is 0 Å². The number of hydrogen-bond donors (Lipinski definition) is 2. The SMILES string of the molecule is C=CC[C@H](c1cc(Cl)ccc1N)N1CCNCC1.Cl.Cl. The minimum atomic E-state index is 0. The molecule has 1 aromatic carbocycles. The molecule has 3 nitrogen and oxygen atoms in total. The van der Waals surface area contributed by atoms with Gasteiger partial charge in [0.15, 0.2) is 0 Å². The summed E-state index contributed by atoms with van der Waals surface area (Å²) in [6.07, 6.45) is 2.84. The molecule has 3 N–H and O–H groups in total. The molecule has 0 radical (unpaired) electrons. The number of nitrogens with one attached hydrogen (secondary N) is 1. The first-order valence-electron chi connectivity index (χ1n) is 6.33. The third-order valence-electron chi connectivity index (χ3n) is 3.39. The van der Waals surface area contributed by atoms with Gasteiger partial charge in [0.25, 0.3) is 0 Å². The Morgan fingerprint density at radius 2 is 2.00 bits per heavy atom. The molecule has 1 atom stereocenters. The first kappa shape index (κ1) is 19.6. The molecule has 0 aromatic heterocycles. The average Bonchev–Trinajstić information content (AvgIpc) is 2.40. The first-order chi connectivity index (χ1) is 8.72. The maximum atomic E-state index is 6.09. The van der Waals surface area contributed by atoms with Crippen LogP contribution < -0.4 is 11.1 Å². The van der Waals surface area contributed by atoms with E-state index >= 15 is 0 Å². The van der Waals surface area contributed by atoms with Gasteiger partial charge in [0.1, 0.15) is 0 Å². The molecule has 0 aliphatic carbocycles. The van der Waals surface area contributed by atoms with Crippen LogP contribution in [0.5, 0.6) is 0 Å². The molecule has 1 aliphatic rings. The van der Waals surface area contributed by atoms with E-state index < -0.39 is 0 Å². The summed E-state index contributed by atoms with van der Waals surface area (Å²) in [4.78, 5) is 2.44. The molecule has 20 heavy (non-hydrogen) atoms. The Balaban J connectivity index is 0.00000180. The molecule has 0 spiro atoms. The van der Waals surface area contributed by atoms with E-state index in [4.69, 9.17) is 17.3 Å². The zero-order valence-corrected chi connectivity index (χ0v) is 13.7. The number of benzene rings is 1. The number of halogens is 3. The third kappa shape index (κ3) is 4.83. The molecule has 1 aromatic rings. The van der Waals surface area contributed by atoms with Gasteiger partial charge in [-0.05, 0) is 30.2 Å². The maximum absolute atomic E-state index is 6.09. The van der Waals surface area contributed by atoms with E-state index in [1.165, 1.54) is 0 Å². The zero-order chi connectivity index (χ0) is 13.0. The lowest BCUT2D eigenvalue weighted by molar-refractivity contribution is 0.175. The van der Waals surface area contributed by atoms with Crippen molar-refractivity contribution >= 4 is 42.1 Å². The largest absolute Gasteiger partial charge is 0.398 e. The Morgan fingerprint density at radius 1 is 1.35 bits per heavy atom. The van der Waals surface area contributed by atoms with E-state index in [2.05, 4.69) is 16.8 Å². The van der Waals surface area contributed by atoms with Gasteiger partial charge in [0, 0.05) is 42.9 Å². The molecule has 0 bridgehead atoms. The second-order valence-corrected chi connectivity index (χ2v) is 5.04. The number of rotatable bonds is 4. The van der Waals surface area contributed by atoms with Gasteiger partial charge in [-0.3, -0.25) is 4.90 Å². The summed E-state index contributed by atoms with van der Waals surface area (Å²) in [7, 11) is 0. The fourth-order valence-corrected chi connectivity index (χ4v) is 2.64. The van der Waals surface area contributed by atoms with Crippen LogP contribution in [0.2, 0.25) is 5.02 Å². The highest BCUT2D eigenvalue weighted by atomic mass is 35.5. The molecule has 2 rings (SSSR count). The van der Waals surface area contributed by atoms with Gasteiger partial charge in [0.05, 0.1) is 0 Å². The van der Waals surface area contributed by atoms with Crippen LogP contribution in [0, 0.1) is 0 Å². The topological polar surface area (TPSA) is 41.3 Å². The van der Waals surface area contributed by atoms with Gasteiger partial charge in [0.2, 0.25) is 0 Å². The van der Waals surface area contributed by atoms with Gasteiger partial charge in [-0.1, -0.05) is 17.7 Å². The Labute approximate surface area is 138 Å². The number of anilines is 1. The molecule has 1 heterocycles. The van der Waals surface area contributed by atoms with Crippen LogP contribution in [-0.2, 0) is 0 Å². The molecule has 1 aliphatic heterocycles. The summed E-state index contributed by atoms with van der Waals surface area (Å²) in [6.45, 7) is 7.97. The monoisotopic (exact) mass is 337 g/mol. The minimum Gasteiger partial charge on any atom is -0.398 e. The number of nitrogen functional groups attached to an aromatic ring is 1. The van der Waals surface area contributed by atoms with Crippen LogP contribution in [0.4, 0.5) is 5.69 Å². The van der Waals surface area contributed by atoms with Crippen molar-refractivity contribution in [2.45, 2.75) is 12.5 Å². The van der Waals surface area contributed by atoms with E-state index in [0.29, 0.717) is 0 Å². The summed E-state index contributed by atoms with van der Waals surface area (Å²) in [5, 5.41) is 4.10. The molecule has 1 saturated heterocycles. The molecule has 0 amide bonds. The smallest absolute Gasteiger partial charge is 0.0410 e. The lowest BCUT2D eigenvalue weighted by Gasteiger charge is -2.35. The fourth-order valence-electron chi connectivity index (χ4n) is 2.46. The van der Waals surface area contributed by atoms with Crippen LogP contribution in [0.25, 0.3) is 0 Å². The number of hydrogen-bond acceptors (Lipinski definition) is 3. The van der Waals surface area contributed by atoms with Crippen molar-refractivity contribution in [2.75, 3.05) is 31.9 Å². The van der Waals surface area contributed by atoms with Crippen molar-refractivity contribution in [3.05, 3.63) is 41.4 Å². The second kappa shape index (κ2) is 9.48. The molecule has 1 fully saturated rings. The zero-order valence-electron chi connectivity index (χ0n) is 11.3. The van der Waals surface area contributed by atoms with Crippen LogP contribution in [-0.4, -0.2) is 31.1 Å². The average molecular weight is 339 g/mol. The molecule has 0 saturated carbocycles. The van der Waals surface area contributed by atoms with E-state index in [-0.39, 0.29) is 30.9 Å². The predicted molar refractivity (Wildman–Crippen MR) is 92.4 cm³/mol. The van der Waals surface area contributed by atoms with E-state index in [0.717, 1.165) is 48.9 Å². The standard InChI is InChI=1S/C14H20ClN3.2ClH/c1-2-3-14(18-8-6-17-7-9-18)12-10-11(15)4-5-13(12)16;;/h2,4-5,10,14,17H,1,3,6-9,16H2;2*1H/t14-;;/m1../s1. The Morgan fingerprint density at radius 3 is 2.60 bits per heavy atom. The van der Waals surface area contributed by atoms with Crippen molar-refractivity contribution in [1.82, 2.24) is 10.2 Å². The van der Waals surface area contributed by atoms with Crippen LogP contribution in [0.1, 0.15) is 18.0 Å². The Bertz CT molecular complexity index is 420. The highest BCUT2D eigenvalue weighted by Crippen LogP contribution is 2.31. The fraction of sp³-hybridized carbons (Fsp3) is 0.429. The van der Waals surface area contributed by atoms with Crippen molar-refractivity contribution in [2.24, 2.45) is 0 Å². The van der Waals surface area contributed by atoms with Crippen LogP contribution in [0.3, 0.4) is 0 Å². The normalized spacial score (nSPS) is 16.6. The Hall–Kier alpha value is -0.450. The summed E-state index contributed by atoms with van der Waals surface area (Å²) in [5.74, 6) is 0. The van der Waals surface area contributed by atoms with Crippen LogP contribution in [0.15, 0.2) is 30.9 Å². The number of nitrogens with zero attached hydrogens (tertiary/aromatic N) is 1.